The minimum absolute atomic E-state index is 0.339. The molecule has 12 heavy (non-hydrogen) atoms. The lowest BCUT2D eigenvalue weighted by Gasteiger charge is -2.20. The van der Waals surface area contributed by atoms with Gasteiger partial charge in [-0.25, -0.2) is 0 Å². The summed E-state index contributed by atoms with van der Waals surface area (Å²) in [5, 5.41) is 4.16. The number of halogens is 1. The highest BCUT2D eigenvalue weighted by molar-refractivity contribution is 6.32. The molecule has 0 radical (unpaired) electrons. The van der Waals surface area contributed by atoms with E-state index in [1.807, 2.05) is 32.1 Å². The quantitative estimate of drug-likeness (QED) is 0.659. The van der Waals surface area contributed by atoms with Crippen molar-refractivity contribution in [1.82, 2.24) is 5.32 Å². The minimum Gasteiger partial charge on any atom is -0.382 e. The Kier molecular flexibility index (Phi) is 2.99. The Morgan fingerprint density at radius 1 is 1.58 bits per heavy atom. The topological polar surface area (TPSA) is 12.0 Å². The third-order valence-corrected chi connectivity index (χ3v) is 2.16. The fourth-order valence-corrected chi connectivity index (χ4v) is 1.71. The van der Waals surface area contributed by atoms with E-state index in [1.54, 1.807) is 0 Å². The lowest BCUT2D eigenvalue weighted by Crippen LogP contribution is -2.26. The molecule has 2 heteroatoms. The molecule has 1 N–H and O–H groups in total. The van der Waals surface area contributed by atoms with Gasteiger partial charge in [-0.2, -0.15) is 0 Å². The maximum Gasteiger partial charge on any atom is 0.0475 e. The summed E-state index contributed by atoms with van der Waals surface area (Å²) in [5.74, 6) is 0. The predicted octanol–water partition coefficient (Wildman–Crippen LogP) is 2.95. The van der Waals surface area contributed by atoms with E-state index in [4.69, 9.17) is 11.6 Å². The summed E-state index contributed by atoms with van der Waals surface area (Å²) in [6.07, 6.45) is 6.03. The Morgan fingerprint density at radius 3 is 2.75 bits per heavy atom. The van der Waals surface area contributed by atoms with Crippen molar-refractivity contribution in [2.24, 2.45) is 0 Å². The largest absolute Gasteiger partial charge is 0.382 e. The van der Waals surface area contributed by atoms with Crippen molar-refractivity contribution in [3.8, 4) is 0 Å². The normalized spacial score (nSPS) is 24.3. The molecular formula is C10H14ClN. The fourth-order valence-electron chi connectivity index (χ4n) is 1.32. The third kappa shape index (κ3) is 1.92. The van der Waals surface area contributed by atoms with Gasteiger partial charge in [0.1, 0.15) is 0 Å². The summed E-state index contributed by atoms with van der Waals surface area (Å²) in [6, 6.07) is 0.339. The summed E-state index contributed by atoms with van der Waals surface area (Å²) in [5.41, 5.74) is 2.24. The van der Waals surface area contributed by atoms with E-state index < -0.39 is 0 Å². The summed E-state index contributed by atoms with van der Waals surface area (Å²) < 4.78 is 0. The molecule has 0 amide bonds. The van der Waals surface area contributed by atoms with E-state index in [9.17, 15) is 0 Å². The molecule has 1 nitrogen and oxygen atoms in total. The first-order chi connectivity index (χ1) is 5.65. The van der Waals surface area contributed by atoms with Crippen LogP contribution in [0.4, 0.5) is 0 Å². The van der Waals surface area contributed by atoms with Gasteiger partial charge in [0.25, 0.3) is 0 Å². The second-order valence-corrected chi connectivity index (χ2v) is 3.39. The third-order valence-electron chi connectivity index (χ3n) is 1.84. The first-order valence-corrected chi connectivity index (χ1v) is 4.50. The standard InChI is InChI=1S/C10H14ClN/c1-4-5-9-8(3)12-7(2)6-10(9)11/h4-7,12H,1-3H3/b5-4-. The van der Waals surface area contributed by atoms with Gasteiger partial charge in [0.05, 0.1) is 0 Å². The molecule has 1 atom stereocenters. The van der Waals surface area contributed by atoms with Crippen molar-refractivity contribution in [2.45, 2.75) is 26.8 Å². The van der Waals surface area contributed by atoms with Crippen LogP contribution in [-0.4, -0.2) is 6.04 Å². The van der Waals surface area contributed by atoms with Crippen molar-refractivity contribution in [3.05, 3.63) is 34.5 Å². The molecule has 0 spiro atoms. The van der Waals surface area contributed by atoms with Crippen molar-refractivity contribution in [1.29, 1.82) is 0 Å². The van der Waals surface area contributed by atoms with Crippen molar-refractivity contribution in [3.63, 3.8) is 0 Å². The average Bonchev–Trinajstić information content (AvgIpc) is 1.96. The fraction of sp³-hybridized carbons (Fsp3) is 0.400. The zero-order chi connectivity index (χ0) is 9.14. The number of hydrogen-bond acceptors (Lipinski definition) is 1. The molecule has 0 saturated carbocycles. The van der Waals surface area contributed by atoms with E-state index in [1.165, 1.54) is 0 Å². The second kappa shape index (κ2) is 3.81. The summed E-state index contributed by atoms with van der Waals surface area (Å²) in [7, 11) is 0. The lowest BCUT2D eigenvalue weighted by atomic mass is 10.1. The number of nitrogens with one attached hydrogen (secondary N) is 1. The highest BCUT2D eigenvalue weighted by atomic mass is 35.5. The van der Waals surface area contributed by atoms with E-state index in [-0.39, 0.29) is 0 Å². The van der Waals surface area contributed by atoms with Crippen LogP contribution in [0.3, 0.4) is 0 Å². The molecule has 0 bridgehead atoms. The van der Waals surface area contributed by atoms with Crippen LogP contribution >= 0.6 is 11.6 Å². The van der Waals surface area contributed by atoms with Crippen LogP contribution in [0.5, 0.6) is 0 Å². The Morgan fingerprint density at radius 2 is 2.25 bits per heavy atom. The van der Waals surface area contributed by atoms with E-state index in [2.05, 4.69) is 12.2 Å². The maximum atomic E-state index is 6.06. The smallest absolute Gasteiger partial charge is 0.0475 e. The zero-order valence-corrected chi connectivity index (χ0v) is 8.44. The van der Waals surface area contributed by atoms with Gasteiger partial charge in [-0.1, -0.05) is 23.8 Å². The maximum absolute atomic E-state index is 6.06. The average molecular weight is 184 g/mol. The Bertz CT molecular complexity index is 261. The molecule has 0 aromatic rings. The lowest BCUT2D eigenvalue weighted by molar-refractivity contribution is 0.710. The van der Waals surface area contributed by atoms with Crippen LogP contribution in [0.25, 0.3) is 0 Å². The van der Waals surface area contributed by atoms with Crippen LogP contribution in [0.2, 0.25) is 0 Å². The number of dihydropyridines is 1. The van der Waals surface area contributed by atoms with Crippen LogP contribution in [0, 0.1) is 0 Å². The highest BCUT2D eigenvalue weighted by Crippen LogP contribution is 2.23. The Hall–Kier alpha value is -0.690. The van der Waals surface area contributed by atoms with Gasteiger partial charge in [-0.15, -0.1) is 0 Å². The molecule has 1 aliphatic rings. The van der Waals surface area contributed by atoms with Gasteiger partial charge in [0, 0.05) is 22.3 Å². The number of allylic oxidation sites excluding steroid dienone is 5. The molecule has 1 aliphatic heterocycles. The molecule has 0 aromatic carbocycles. The Balaban J connectivity index is 2.97. The molecule has 66 valence electrons. The first-order valence-electron chi connectivity index (χ1n) is 4.13. The summed E-state index contributed by atoms with van der Waals surface area (Å²) >= 11 is 6.06. The number of rotatable bonds is 1. The van der Waals surface area contributed by atoms with Gasteiger partial charge >= 0.3 is 0 Å². The van der Waals surface area contributed by atoms with Gasteiger partial charge in [-0.3, -0.25) is 0 Å². The van der Waals surface area contributed by atoms with Crippen LogP contribution in [0.15, 0.2) is 34.5 Å². The molecule has 1 rings (SSSR count). The molecule has 0 fully saturated rings. The van der Waals surface area contributed by atoms with Gasteiger partial charge in [-0.05, 0) is 26.8 Å². The highest BCUT2D eigenvalue weighted by Gasteiger charge is 2.11. The zero-order valence-electron chi connectivity index (χ0n) is 7.69. The van der Waals surface area contributed by atoms with E-state index >= 15 is 0 Å². The van der Waals surface area contributed by atoms with Crippen LogP contribution < -0.4 is 5.32 Å². The molecule has 0 saturated heterocycles. The summed E-state index contributed by atoms with van der Waals surface area (Å²) in [6.45, 7) is 6.11. The SMILES string of the molecule is C/C=C\C1=C(C)NC(C)C=C1Cl. The molecular weight excluding hydrogens is 170 g/mol. The van der Waals surface area contributed by atoms with E-state index in [0.717, 1.165) is 16.3 Å². The monoisotopic (exact) mass is 183 g/mol. The van der Waals surface area contributed by atoms with E-state index in [0.29, 0.717) is 6.04 Å². The predicted molar refractivity (Wildman–Crippen MR) is 54.0 cm³/mol. The van der Waals surface area contributed by atoms with Gasteiger partial charge < -0.3 is 5.32 Å². The van der Waals surface area contributed by atoms with Crippen molar-refractivity contribution in [2.75, 3.05) is 0 Å². The second-order valence-electron chi connectivity index (χ2n) is 2.99. The van der Waals surface area contributed by atoms with Crippen LogP contribution in [-0.2, 0) is 0 Å². The molecule has 0 aliphatic carbocycles. The van der Waals surface area contributed by atoms with Crippen LogP contribution in [0.1, 0.15) is 20.8 Å². The summed E-state index contributed by atoms with van der Waals surface area (Å²) in [4.78, 5) is 0. The van der Waals surface area contributed by atoms with Gasteiger partial charge in [0.2, 0.25) is 0 Å². The number of hydrogen-bond donors (Lipinski definition) is 1. The van der Waals surface area contributed by atoms with Crippen molar-refractivity contribution < 1.29 is 0 Å². The van der Waals surface area contributed by atoms with Gasteiger partial charge in [0.15, 0.2) is 0 Å². The molecule has 1 heterocycles. The van der Waals surface area contributed by atoms with Crippen molar-refractivity contribution >= 4 is 11.6 Å². The first kappa shape index (κ1) is 9.40. The minimum atomic E-state index is 0.339. The molecule has 0 aromatic heterocycles. The molecule has 1 unspecified atom stereocenters. The Labute approximate surface area is 78.8 Å².